The summed E-state index contributed by atoms with van der Waals surface area (Å²) in [5, 5.41) is 17.4. The Hall–Kier alpha value is -7.69. The molecule has 79 heavy (non-hydrogen) atoms. The smallest absolute Gasteiger partial charge is 0.425 e. The van der Waals surface area contributed by atoms with Gasteiger partial charge in [-0.3, -0.25) is 9.59 Å². The Bertz CT molecular complexity index is 3050. The number of benzene rings is 3. The molecule has 2 aromatic heterocycles. The van der Waals surface area contributed by atoms with E-state index in [1.165, 1.54) is 24.4 Å². The standard InChI is InChI=1S/C62H78N8O9/c1-11-12-13-16-40-32-51(71)53(46-31-39(8)19-28-45(46)36(2)3)52(33-40)79-62(76)70-50(35-64-57(70)49-18-15-30-69(49)59(73)55(38(6)7)67-61(75)78-10)44-26-22-42(23-27-44)41-20-24-43(25-21-41)47-34-63-56(65-47)48-17-14-29-68(48)58(72)54(37(4)5)66-60(74)77-9/h20-27,31-35,37-38,45-46,48-49,54-55,71H,2,11-19,28-30H2,1,3-10H3,(H,63,65)(H,66,74)(H,67,75)/t45?,46?,48?,49?,54-,55-/m0/s1. The lowest BCUT2D eigenvalue weighted by Crippen LogP contribution is -2.51. The number of phenols is 1. The minimum atomic E-state index is -0.891. The average molecular weight is 1080 g/mol. The van der Waals surface area contributed by atoms with Crippen molar-refractivity contribution in [3.63, 3.8) is 0 Å². The largest absolute Gasteiger partial charge is 0.507 e. The molecule has 5 aromatic rings. The number of nitrogens with zero attached hydrogens (tertiary/aromatic N) is 5. The van der Waals surface area contributed by atoms with Gasteiger partial charge in [-0.2, -0.15) is 0 Å². The van der Waals surface area contributed by atoms with Gasteiger partial charge in [0.1, 0.15) is 35.2 Å². The number of aryl methyl sites for hydroxylation is 1. The van der Waals surface area contributed by atoms with Crippen molar-refractivity contribution >= 4 is 30.1 Å². The maximum absolute atomic E-state index is 15.4. The maximum atomic E-state index is 15.4. The topological polar surface area (TPSA) is 210 Å². The van der Waals surface area contributed by atoms with Crippen LogP contribution in [0.5, 0.6) is 11.5 Å². The molecule has 3 aromatic carbocycles. The van der Waals surface area contributed by atoms with Crippen LogP contribution in [0.25, 0.3) is 33.6 Å². The Morgan fingerprint density at radius 1 is 0.772 bits per heavy atom. The lowest BCUT2D eigenvalue weighted by molar-refractivity contribution is -0.136. The second-order valence-corrected chi connectivity index (χ2v) is 22.2. The van der Waals surface area contributed by atoms with Gasteiger partial charge in [-0.1, -0.05) is 120 Å². The van der Waals surface area contributed by atoms with Crippen molar-refractivity contribution in [3.05, 3.63) is 120 Å². The monoisotopic (exact) mass is 1080 g/mol. The number of methoxy groups -OCH3 is 2. The number of nitrogens with one attached hydrogen (secondary N) is 3. The first kappa shape index (κ1) is 57.5. The molecular formula is C62H78N8O9. The number of aromatic nitrogens is 4. The van der Waals surface area contributed by atoms with Crippen molar-refractivity contribution in [1.29, 1.82) is 0 Å². The van der Waals surface area contributed by atoms with E-state index in [0.29, 0.717) is 60.8 Å². The van der Waals surface area contributed by atoms with Gasteiger partial charge >= 0.3 is 18.3 Å². The predicted octanol–water partition coefficient (Wildman–Crippen LogP) is 12.2. The third-order valence-corrected chi connectivity index (χ3v) is 15.9. The molecule has 0 radical (unpaired) electrons. The average Bonchev–Trinajstić information content (AvgIpc) is 4.45. The van der Waals surface area contributed by atoms with E-state index in [0.717, 1.165) is 78.5 Å². The van der Waals surface area contributed by atoms with E-state index < -0.39 is 36.4 Å². The van der Waals surface area contributed by atoms with Crippen molar-refractivity contribution in [2.24, 2.45) is 17.8 Å². The first-order chi connectivity index (χ1) is 37.9. The molecule has 6 atom stereocenters. The molecule has 0 bridgehead atoms. The normalized spacial score (nSPS) is 19.0. The van der Waals surface area contributed by atoms with Gasteiger partial charge in [-0.05, 0) is 117 Å². The SMILES string of the molecule is C=C(C)C1CCC(C)=CC1c1c(O)cc(CCCCC)cc1OC(=O)n1c(-c2ccc(-c3ccc(-c4cnc(C5CCCN5C(=O)[C@@H](NC(=O)OC)C(C)C)[nH]4)cc3)cc2)cnc1C1CCCN1C(=O)[C@@H](NC(=O)OC)C(C)C. The molecule has 420 valence electrons. The molecule has 4 unspecified atom stereocenters. The zero-order valence-electron chi connectivity index (χ0n) is 47.3. The minimum absolute atomic E-state index is 0.00505. The summed E-state index contributed by atoms with van der Waals surface area (Å²) >= 11 is 0. The number of likely N-dealkylation sites (tertiary alicyclic amines) is 2. The second-order valence-electron chi connectivity index (χ2n) is 22.2. The molecule has 2 aliphatic heterocycles. The van der Waals surface area contributed by atoms with Gasteiger partial charge in [0.15, 0.2) is 0 Å². The van der Waals surface area contributed by atoms with Crippen molar-refractivity contribution in [2.45, 2.75) is 143 Å². The number of phenolic OH excluding ortho intramolecular Hbond substituents is 1. The number of hydrogen-bond donors (Lipinski definition) is 4. The summed E-state index contributed by atoms with van der Waals surface area (Å²) in [5.74, 6) is 0.122. The zero-order valence-corrected chi connectivity index (χ0v) is 47.3. The maximum Gasteiger partial charge on any atom is 0.425 e. The number of hydrogen-bond acceptors (Lipinski definition) is 11. The number of unbranched alkanes of at least 4 members (excludes halogenated alkanes) is 2. The number of amides is 4. The molecule has 4 amide bonds. The Morgan fingerprint density at radius 2 is 1.34 bits per heavy atom. The van der Waals surface area contributed by atoms with Gasteiger partial charge in [-0.25, -0.2) is 28.9 Å². The van der Waals surface area contributed by atoms with Crippen LogP contribution in [0.3, 0.4) is 0 Å². The van der Waals surface area contributed by atoms with Crippen LogP contribution in [0.4, 0.5) is 14.4 Å². The quantitative estimate of drug-likeness (QED) is 0.0479. The molecule has 2 saturated heterocycles. The minimum Gasteiger partial charge on any atom is -0.507 e. The predicted molar refractivity (Wildman–Crippen MR) is 303 cm³/mol. The van der Waals surface area contributed by atoms with E-state index in [4.69, 9.17) is 24.2 Å². The molecule has 17 heteroatoms. The van der Waals surface area contributed by atoms with Gasteiger partial charge < -0.3 is 44.7 Å². The van der Waals surface area contributed by atoms with Crippen LogP contribution in [0.15, 0.2) is 96.9 Å². The summed E-state index contributed by atoms with van der Waals surface area (Å²) in [7, 11) is 2.54. The fourth-order valence-corrected chi connectivity index (χ4v) is 11.6. The number of aromatic amines is 1. The van der Waals surface area contributed by atoms with Gasteiger partial charge in [0.05, 0.1) is 50.1 Å². The summed E-state index contributed by atoms with van der Waals surface area (Å²) in [4.78, 5) is 84.8. The molecule has 17 nitrogen and oxygen atoms in total. The number of aromatic hydroxyl groups is 1. The highest BCUT2D eigenvalue weighted by Gasteiger charge is 2.41. The molecule has 0 saturated carbocycles. The summed E-state index contributed by atoms with van der Waals surface area (Å²) < 4.78 is 17.8. The van der Waals surface area contributed by atoms with Crippen molar-refractivity contribution < 1.29 is 43.3 Å². The van der Waals surface area contributed by atoms with Crippen LogP contribution >= 0.6 is 0 Å². The number of carbonyl (C=O) groups excluding carboxylic acids is 5. The van der Waals surface area contributed by atoms with Crippen LogP contribution in [0.1, 0.15) is 147 Å². The number of rotatable bonds is 18. The van der Waals surface area contributed by atoms with Crippen LogP contribution < -0.4 is 15.4 Å². The number of imidazole rings is 2. The van der Waals surface area contributed by atoms with Crippen LogP contribution in [0, 0.1) is 17.8 Å². The summed E-state index contributed by atoms with van der Waals surface area (Å²) in [6.45, 7) is 19.0. The molecule has 4 N–H and O–H groups in total. The highest BCUT2D eigenvalue weighted by atomic mass is 16.6. The third-order valence-electron chi connectivity index (χ3n) is 15.9. The van der Waals surface area contributed by atoms with Crippen LogP contribution in [0.2, 0.25) is 0 Å². The highest BCUT2D eigenvalue weighted by Crippen LogP contribution is 2.48. The number of carbonyl (C=O) groups is 5. The van der Waals surface area contributed by atoms with E-state index >= 15 is 4.79 Å². The first-order valence-corrected chi connectivity index (χ1v) is 28.0. The summed E-state index contributed by atoms with van der Waals surface area (Å²) in [6, 6.07) is 17.0. The van der Waals surface area contributed by atoms with E-state index in [-0.39, 0.29) is 53.0 Å². The van der Waals surface area contributed by atoms with Crippen LogP contribution in [-0.4, -0.2) is 104 Å². The molecular weight excluding hydrogens is 1000 g/mol. The van der Waals surface area contributed by atoms with Gasteiger partial charge in [0.25, 0.3) is 0 Å². The van der Waals surface area contributed by atoms with Crippen molar-refractivity contribution in [1.82, 2.24) is 40.0 Å². The molecule has 4 heterocycles. The number of ether oxygens (including phenoxy) is 3. The van der Waals surface area contributed by atoms with E-state index in [1.807, 2.05) is 89.2 Å². The zero-order chi connectivity index (χ0) is 56.7. The second kappa shape index (κ2) is 25.4. The molecule has 8 rings (SSSR count). The molecule has 1 aliphatic carbocycles. The first-order valence-electron chi connectivity index (χ1n) is 28.0. The van der Waals surface area contributed by atoms with E-state index in [9.17, 15) is 24.3 Å². The Kier molecular flexibility index (Phi) is 18.5. The molecule has 0 spiro atoms. The van der Waals surface area contributed by atoms with Crippen LogP contribution in [-0.2, 0) is 25.5 Å². The van der Waals surface area contributed by atoms with Gasteiger partial charge in [-0.15, -0.1) is 0 Å². The Morgan fingerprint density at radius 3 is 1.91 bits per heavy atom. The van der Waals surface area contributed by atoms with Crippen molar-refractivity contribution in [3.8, 4) is 45.1 Å². The Balaban J connectivity index is 1.12. The van der Waals surface area contributed by atoms with E-state index in [2.05, 4.69) is 42.1 Å². The number of alkyl carbamates (subject to hydrolysis) is 2. The van der Waals surface area contributed by atoms with Crippen molar-refractivity contribution in [2.75, 3.05) is 27.3 Å². The Labute approximate surface area is 464 Å². The van der Waals surface area contributed by atoms with E-state index in [1.54, 1.807) is 28.3 Å². The summed E-state index contributed by atoms with van der Waals surface area (Å²) in [5.41, 5.74) is 8.23. The lowest BCUT2D eigenvalue weighted by Gasteiger charge is -2.32. The number of H-pyrrole nitrogens is 1. The third kappa shape index (κ3) is 12.8. The summed E-state index contributed by atoms with van der Waals surface area (Å²) in [6.07, 6.45) is 11.5. The molecule has 3 aliphatic rings. The number of allylic oxidation sites excluding steroid dienone is 3. The lowest BCUT2D eigenvalue weighted by atomic mass is 9.73. The fraction of sp³-hybridized carbons (Fsp3) is 0.468. The highest BCUT2D eigenvalue weighted by molar-refractivity contribution is 5.88. The van der Waals surface area contributed by atoms with Gasteiger partial charge in [0, 0.05) is 30.1 Å². The van der Waals surface area contributed by atoms with Gasteiger partial charge in [0.2, 0.25) is 11.8 Å². The fourth-order valence-electron chi connectivity index (χ4n) is 11.6. The molecule has 2 fully saturated rings.